The summed E-state index contributed by atoms with van der Waals surface area (Å²) in [7, 11) is 0. The Balaban J connectivity index is 1.99. The van der Waals surface area contributed by atoms with Gasteiger partial charge in [-0.25, -0.2) is 0 Å². The number of rotatable bonds is 0. The number of hydrogen-bond acceptors (Lipinski definition) is 1. The van der Waals surface area contributed by atoms with Crippen molar-refractivity contribution in [2.24, 2.45) is 0 Å². The van der Waals surface area contributed by atoms with Gasteiger partial charge in [-0.1, -0.05) is 31.8 Å². The fourth-order valence-corrected chi connectivity index (χ4v) is 2.46. The first-order valence-corrected chi connectivity index (χ1v) is 5.94. The first-order valence-electron chi connectivity index (χ1n) is 5.94. The summed E-state index contributed by atoms with van der Waals surface area (Å²) in [5.74, 6) is 0. The molecule has 1 aliphatic carbocycles. The van der Waals surface area contributed by atoms with Gasteiger partial charge in [0.1, 0.15) is 5.60 Å². The van der Waals surface area contributed by atoms with Crippen LogP contribution in [0.25, 0.3) is 0 Å². The molecule has 0 radical (unpaired) electrons. The van der Waals surface area contributed by atoms with Crippen molar-refractivity contribution in [3.05, 3.63) is 24.5 Å². The van der Waals surface area contributed by atoms with Crippen LogP contribution in [0.15, 0.2) is 24.5 Å². The first-order chi connectivity index (χ1) is 6.91. The quantitative estimate of drug-likeness (QED) is 0.564. The van der Waals surface area contributed by atoms with Gasteiger partial charge < -0.3 is 4.74 Å². The minimum Gasteiger partial charge on any atom is -0.491 e. The summed E-state index contributed by atoms with van der Waals surface area (Å²) in [5.41, 5.74) is 0.0547. The molecule has 1 saturated carbocycles. The van der Waals surface area contributed by atoms with Gasteiger partial charge in [0.15, 0.2) is 0 Å². The lowest BCUT2D eigenvalue weighted by molar-refractivity contribution is 0.0450. The lowest BCUT2D eigenvalue weighted by Gasteiger charge is -2.31. The fraction of sp³-hybridized carbons (Fsp3) is 0.692. The zero-order chi connectivity index (χ0) is 9.69. The first kappa shape index (κ1) is 9.82. The van der Waals surface area contributed by atoms with E-state index in [0.717, 1.165) is 0 Å². The van der Waals surface area contributed by atoms with Crippen LogP contribution in [0.5, 0.6) is 0 Å². The average Bonchev–Trinajstić information content (AvgIpc) is 2.33. The molecule has 0 bridgehead atoms. The van der Waals surface area contributed by atoms with E-state index in [1.807, 2.05) is 12.3 Å². The van der Waals surface area contributed by atoms with Crippen LogP contribution in [-0.4, -0.2) is 5.60 Å². The SMILES string of the molecule is C1=COC2(C=C1)CCCCCCCC2. The van der Waals surface area contributed by atoms with Gasteiger partial charge in [0, 0.05) is 0 Å². The monoisotopic (exact) mass is 192 g/mol. The number of allylic oxidation sites excluding steroid dienone is 2. The van der Waals surface area contributed by atoms with Crippen LogP contribution >= 0.6 is 0 Å². The van der Waals surface area contributed by atoms with Crippen molar-refractivity contribution in [3.63, 3.8) is 0 Å². The molecule has 0 atom stereocenters. The Bertz CT molecular complexity index is 217. The molecule has 1 heteroatoms. The smallest absolute Gasteiger partial charge is 0.126 e. The van der Waals surface area contributed by atoms with Crippen molar-refractivity contribution < 1.29 is 4.74 Å². The average molecular weight is 192 g/mol. The molecular formula is C13H20O. The molecule has 0 N–H and O–H groups in total. The van der Waals surface area contributed by atoms with Crippen LogP contribution in [0.1, 0.15) is 51.4 Å². The van der Waals surface area contributed by atoms with Crippen LogP contribution in [-0.2, 0) is 4.74 Å². The summed E-state index contributed by atoms with van der Waals surface area (Å²) in [4.78, 5) is 0. The van der Waals surface area contributed by atoms with Gasteiger partial charge in [0.25, 0.3) is 0 Å². The Hall–Kier alpha value is -0.720. The van der Waals surface area contributed by atoms with Crippen molar-refractivity contribution in [1.82, 2.24) is 0 Å². The summed E-state index contributed by atoms with van der Waals surface area (Å²) in [6, 6.07) is 0. The van der Waals surface area contributed by atoms with Crippen LogP contribution in [0.3, 0.4) is 0 Å². The highest BCUT2D eigenvalue weighted by atomic mass is 16.5. The summed E-state index contributed by atoms with van der Waals surface area (Å²) in [6.45, 7) is 0. The van der Waals surface area contributed by atoms with Crippen LogP contribution < -0.4 is 0 Å². The summed E-state index contributed by atoms with van der Waals surface area (Å²) in [6.07, 6.45) is 18.9. The molecule has 0 aromatic carbocycles. The standard InChI is InChI=1S/C13H20O/c1-2-4-6-10-13(9-5-3-1)11-7-8-12-14-13/h7-8,11-12H,1-6,9-10H2. The third-order valence-corrected chi connectivity index (χ3v) is 3.34. The molecule has 1 fully saturated rings. The minimum atomic E-state index is 0.0547. The summed E-state index contributed by atoms with van der Waals surface area (Å²) >= 11 is 0. The highest BCUT2D eigenvalue weighted by Crippen LogP contribution is 2.32. The predicted octanol–water partition coefficient (Wildman–Crippen LogP) is 3.96. The van der Waals surface area contributed by atoms with Crippen LogP contribution in [0, 0.1) is 0 Å². The maximum atomic E-state index is 5.83. The number of ether oxygens (including phenoxy) is 1. The van der Waals surface area contributed by atoms with Crippen molar-refractivity contribution in [2.45, 2.75) is 57.0 Å². The van der Waals surface area contributed by atoms with Gasteiger partial charge in [-0.15, -0.1) is 0 Å². The molecule has 1 aliphatic heterocycles. The fourth-order valence-electron chi connectivity index (χ4n) is 2.46. The van der Waals surface area contributed by atoms with E-state index in [-0.39, 0.29) is 5.60 Å². The highest BCUT2D eigenvalue weighted by Gasteiger charge is 2.28. The van der Waals surface area contributed by atoms with E-state index in [1.54, 1.807) is 0 Å². The highest BCUT2D eigenvalue weighted by molar-refractivity contribution is 5.14. The molecule has 0 aromatic heterocycles. The van der Waals surface area contributed by atoms with E-state index >= 15 is 0 Å². The molecule has 0 amide bonds. The van der Waals surface area contributed by atoms with Crippen molar-refractivity contribution in [3.8, 4) is 0 Å². The second-order valence-electron chi connectivity index (χ2n) is 4.49. The van der Waals surface area contributed by atoms with Crippen LogP contribution in [0.4, 0.5) is 0 Å². The second kappa shape index (κ2) is 4.68. The zero-order valence-electron chi connectivity index (χ0n) is 8.87. The third-order valence-electron chi connectivity index (χ3n) is 3.34. The Kier molecular flexibility index (Phi) is 3.28. The molecular weight excluding hydrogens is 172 g/mol. The Morgan fingerprint density at radius 3 is 2.00 bits per heavy atom. The van der Waals surface area contributed by atoms with Gasteiger partial charge in [-0.2, -0.15) is 0 Å². The summed E-state index contributed by atoms with van der Waals surface area (Å²) in [5, 5.41) is 0. The van der Waals surface area contributed by atoms with E-state index in [1.165, 1.54) is 51.4 Å². The van der Waals surface area contributed by atoms with Gasteiger partial charge in [0.05, 0.1) is 6.26 Å². The lowest BCUT2D eigenvalue weighted by Crippen LogP contribution is -2.29. The predicted molar refractivity (Wildman–Crippen MR) is 59.0 cm³/mol. The molecule has 1 nitrogen and oxygen atoms in total. The maximum absolute atomic E-state index is 5.83. The molecule has 2 aliphatic rings. The molecule has 1 spiro atoms. The number of hydrogen-bond donors (Lipinski definition) is 0. The normalized spacial score (nSPS) is 26.3. The van der Waals surface area contributed by atoms with Gasteiger partial charge in [-0.3, -0.25) is 0 Å². The molecule has 2 rings (SSSR count). The topological polar surface area (TPSA) is 9.23 Å². The minimum absolute atomic E-state index is 0.0547. The molecule has 78 valence electrons. The van der Waals surface area contributed by atoms with Crippen LogP contribution in [0.2, 0.25) is 0 Å². The Morgan fingerprint density at radius 1 is 0.786 bits per heavy atom. The van der Waals surface area contributed by atoms with Crippen molar-refractivity contribution in [2.75, 3.05) is 0 Å². The summed E-state index contributed by atoms with van der Waals surface area (Å²) < 4.78 is 5.83. The molecule has 0 saturated heterocycles. The van der Waals surface area contributed by atoms with E-state index < -0.39 is 0 Å². The Morgan fingerprint density at radius 2 is 1.43 bits per heavy atom. The van der Waals surface area contributed by atoms with E-state index in [2.05, 4.69) is 12.2 Å². The van der Waals surface area contributed by atoms with Crippen molar-refractivity contribution in [1.29, 1.82) is 0 Å². The van der Waals surface area contributed by atoms with Gasteiger partial charge >= 0.3 is 0 Å². The van der Waals surface area contributed by atoms with E-state index in [0.29, 0.717) is 0 Å². The van der Waals surface area contributed by atoms with Gasteiger partial charge in [-0.05, 0) is 37.8 Å². The maximum Gasteiger partial charge on any atom is 0.126 e. The Labute approximate surface area is 86.8 Å². The second-order valence-corrected chi connectivity index (χ2v) is 4.49. The lowest BCUT2D eigenvalue weighted by atomic mass is 9.90. The van der Waals surface area contributed by atoms with E-state index in [9.17, 15) is 0 Å². The van der Waals surface area contributed by atoms with E-state index in [4.69, 9.17) is 4.74 Å². The molecule has 0 unspecified atom stereocenters. The molecule has 14 heavy (non-hydrogen) atoms. The molecule has 0 aromatic rings. The zero-order valence-corrected chi connectivity index (χ0v) is 8.87. The molecule has 1 heterocycles. The van der Waals surface area contributed by atoms with Crippen molar-refractivity contribution >= 4 is 0 Å². The third kappa shape index (κ3) is 2.40. The largest absolute Gasteiger partial charge is 0.491 e. The van der Waals surface area contributed by atoms with Gasteiger partial charge in [0.2, 0.25) is 0 Å².